The number of aromatic nitrogens is 4. The number of carbonyl (C=O) groups is 1. The fourth-order valence-corrected chi connectivity index (χ4v) is 3.34. The molecule has 1 amide bonds. The number of nitrogens with one attached hydrogen (secondary N) is 1. The van der Waals surface area contributed by atoms with Gasteiger partial charge in [-0.2, -0.15) is 26.3 Å². The van der Waals surface area contributed by atoms with Crippen molar-refractivity contribution in [2.45, 2.75) is 17.5 Å². The van der Waals surface area contributed by atoms with Crippen LogP contribution in [-0.4, -0.2) is 31.2 Å². The molecule has 0 atom stereocenters. The molecule has 0 spiro atoms. The van der Waals surface area contributed by atoms with Crippen LogP contribution in [0, 0.1) is 0 Å². The standard InChI is InChI=1S/C15H7Cl2F6N5OS/c16-8-1-6(14(18,19)20)3-24-11(8)25-10(29)5-30-13-27-26-12-9(17)2-7(4-28(12)13)15(21,22)23/h1-4H,5H2,(H,24,25,29). The number of alkyl halides is 6. The van der Waals surface area contributed by atoms with Gasteiger partial charge >= 0.3 is 12.4 Å². The first-order valence-corrected chi connectivity index (χ1v) is 9.37. The minimum atomic E-state index is -4.66. The Kier molecular flexibility index (Phi) is 6.07. The first kappa shape index (κ1) is 22.4. The Labute approximate surface area is 177 Å². The normalized spacial score (nSPS) is 12.4. The molecule has 0 aromatic carbocycles. The number of halogens is 8. The molecule has 0 radical (unpaired) electrons. The molecule has 0 aliphatic carbocycles. The summed E-state index contributed by atoms with van der Waals surface area (Å²) in [5.41, 5.74) is -2.17. The smallest absolute Gasteiger partial charge is 0.309 e. The van der Waals surface area contributed by atoms with E-state index in [9.17, 15) is 31.1 Å². The van der Waals surface area contributed by atoms with Gasteiger partial charge in [-0.3, -0.25) is 9.20 Å². The Morgan fingerprint density at radius 1 is 1.03 bits per heavy atom. The molecule has 0 saturated carbocycles. The topological polar surface area (TPSA) is 72.2 Å². The van der Waals surface area contributed by atoms with E-state index >= 15 is 0 Å². The lowest BCUT2D eigenvalue weighted by Crippen LogP contribution is -2.16. The highest BCUT2D eigenvalue weighted by atomic mass is 35.5. The Bertz CT molecular complexity index is 1120. The molecule has 0 aliphatic heterocycles. The molecule has 0 bridgehead atoms. The van der Waals surface area contributed by atoms with Gasteiger partial charge < -0.3 is 5.32 Å². The number of amides is 1. The molecule has 6 nitrogen and oxygen atoms in total. The Morgan fingerprint density at radius 3 is 2.27 bits per heavy atom. The van der Waals surface area contributed by atoms with Crippen LogP contribution in [-0.2, 0) is 17.1 Å². The number of pyridine rings is 2. The summed E-state index contributed by atoms with van der Waals surface area (Å²) in [5, 5.41) is 8.80. The van der Waals surface area contributed by atoms with Crippen molar-refractivity contribution < 1.29 is 31.1 Å². The molecular weight excluding hydrogens is 483 g/mol. The molecule has 30 heavy (non-hydrogen) atoms. The average molecular weight is 490 g/mol. The second-order valence-electron chi connectivity index (χ2n) is 5.64. The highest BCUT2D eigenvalue weighted by Crippen LogP contribution is 2.34. The highest BCUT2D eigenvalue weighted by Gasteiger charge is 2.33. The quantitative estimate of drug-likeness (QED) is 0.402. The maximum absolute atomic E-state index is 13.0. The maximum Gasteiger partial charge on any atom is 0.417 e. The summed E-state index contributed by atoms with van der Waals surface area (Å²) in [6.45, 7) is 0. The van der Waals surface area contributed by atoms with Crippen molar-refractivity contribution in [3.63, 3.8) is 0 Å². The average Bonchev–Trinajstić information content (AvgIpc) is 3.04. The number of nitrogens with zero attached hydrogens (tertiary/aromatic N) is 4. The summed E-state index contributed by atoms with van der Waals surface area (Å²) in [6.07, 6.45) is -8.08. The summed E-state index contributed by atoms with van der Waals surface area (Å²) >= 11 is 12.2. The van der Waals surface area contributed by atoms with Gasteiger partial charge in [0.05, 0.1) is 26.9 Å². The van der Waals surface area contributed by atoms with Crippen molar-refractivity contribution in [2.75, 3.05) is 11.1 Å². The first-order valence-electron chi connectivity index (χ1n) is 7.63. The largest absolute Gasteiger partial charge is 0.417 e. The zero-order chi connectivity index (χ0) is 22.3. The first-order chi connectivity index (χ1) is 13.9. The van der Waals surface area contributed by atoms with E-state index in [0.29, 0.717) is 18.3 Å². The SMILES string of the molecule is O=C(CSc1nnc2c(Cl)cc(C(F)(F)F)cn12)Nc1ncc(C(F)(F)F)cc1Cl. The van der Waals surface area contributed by atoms with Crippen molar-refractivity contribution in [2.24, 2.45) is 0 Å². The Hall–Kier alpha value is -2.25. The van der Waals surface area contributed by atoms with Gasteiger partial charge in [0.25, 0.3) is 0 Å². The fourth-order valence-electron chi connectivity index (χ4n) is 2.17. The number of carbonyl (C=O) groups excluding carboxylic acids is 1. The third-order valence-electron chi connectivity index (χ3n) is 3.51. The van der Waals surface area contributed by atoms with E-state index in [-0.39, 0.29) is 27.4 Å². The molecule has 3 heterocycles. The lowest BCUT2D eigenvalue weighted by atomic mass is 10.3. The number of anilines is 1. The third kappa shape index (κ3) is 4.90. The predicted molar refractivity (Wildman–Crippen MR) is 96.6 cm³/mol. The molecule has 3 aromatic rings. The summed E-state index contributed by atoms with van der Waals surface area (Å²) < 4.78 is 77.7. The van der Waals surface area contributed by atoms with Crippen LogP contribution in [0.3, 0.4) is 0 Å². The number of rotatable bonds is 4. The molecule has 3 rings (SSSR count). The third-order valence-corrected chi connectivity index (χ3v) is 5.02. The van der Waals surface area contributed by atoms with Gasteiger partial charge in [-0.1, -0.05) is 35.0 Å². The van der Waals surface area contributed by atoms with Gasteiger partial charge in [0.2, 0.25) is 5.91 Å². The van der Waals surface area contributed by atoms with Crippen LogP contribution in [0.25, 0.3) is 5.65 Å². The van der Waals surface area contributed by atoms with E-state index < -0.39 is 34.4 Å². The van der Waals surface area contributed by atoms with Crippen LogP contribution in [0.1, 0.15) is 11.1 Å². The van der Waals surface area contributed by atoms with Crippen molar-refractivity contribution >= 4 is 52.3 Å². The van der Waals surface area contributed by atoms with E-state index in [1.54, 1.807) is 0 Å². The van der Waals surface area contributed by atoms with Gasteiger partial charge in [0.1, 0.15) is 0 Å². The van der Waals surface area contributed by atoms with Crippen LogP contribution < -0.4 is 5.32 Å². The molecule has 0 saturated heterocycles. The van der Waals surface area contributed by atoms with Crippen molar-refractivity contribution in [3.05, 3.63) is 45.7 Å². The number of fused-ring (bicyclic) bond motifs is 1. The fraction of sp³-hybridized carbons (Fsp3) is 0.200. The molecule has 0 unspecified atom stereocenters. The lowest BCUT2D eigenvalue weighted by Gasteiger charge is -2.10. The monoisotopic (exact) mass is 489 g/mol. The van der Waals surface area contributed by atoms with Crippen LogP contribution >= 0.6 is 35.0 Å². The second-order valence-corrected chi connectivity index (χ2v) is 7.40. The minimum absolute atomic E-state index is 0.0416. The summed E-state index contributed by atoms with van der Waals surface area (Å²) in [5.74, 6) is -1.40. The van der Waals surface area contributed by atoms with E-state index in [4.69, 9.17) is 23.2 Å². The Balaban J connectivity index is 1.74. The van der Waals surface area contributed by atoms with Crippen molar-refractivity contribution in [1.82, 2.24) is 19.6 Å². The van der Waals surface area contributed by atoms with Gasteiger partial charge in [-0.15, -0.1) is 10.2 Å². The lowest BCUT2D eigenvalue weighted by molar-refractivity contribution is -0.138. The zero-order valence-electron chi connectivity index (χ0n) is 14.1. The minimum Gasteiger partial charge on any atom is -0.309 e. The maximum atomic E-state index is 13.0. The van der Waals surface area contributed by atoms with Crippen LogP contribution in [0.15, 0.2) is 29.7 Å². The van der Waals surface area contributed by atoms with Gasteiger partial charge in [0, 0.05) is 12.4 Å². The molecule has 15 heteroatoms. The van der Waals surface area contributed by atoms with Crippen LogP contribution in [0.4, 0.5) is 32.2 Å². The van der Waals surface area contributed by atoms with Gasteiger partial charge in [-0.25, -0.2) is 4.98 Å². The summed E-state index contributed by atoms with van der Waals surface area (Å²) in [4.78, 5) is 15.5. The van der Waals surface area contributed by atoms with E-state index in [0.717, 1.165) is 22.4 Å². The molecule has 0 fully saturated rings. The van der Waals surface area contributed by atoms with Crippen molar-refractivity contribution in [1.29, 1.82) is 0 Å². The van der Waals surface area contributed by atoms with Gasteiger partial charge in [-0.05, 0) is 12.1 Å². The molecular formula is C15H7Cl2F6N5OS. The molecule has 3 aromatic heterocycles. The van der Waals surface area contributed by atoms with Crippen LogP contribution in [0.5, 0.6) is 0 Å². The summed E-state index contributed by atoms with van der Waals surface area (Å²) in [7, 11) is 0. The highest BCUT2D eigenvalue weighted by molar-refractivity contribution is 7.99. The van der Waals surface area contributed by atoms with E-state index in [1.165, 1.54) is 0 Å². The van der Waals surface area contributed by atoms with Crippen LogP contribution in [0.2, 0.25) is 10.0 Å². The molecule has 160 valence electrons. The second kappa shape index (κ2) is 8.12. The predicted octanol–water partition coefficient (Wildman–Crippen LogP) is 5.20. The number of hydrogen-bond acceptors (Lipinski definition) is 5. The van der Waals surface area contributed by atoms with E-state index in [1.807, 2.05) is 0 Å². The summed E-state index contributed by atoms with van der Waals surface area (Å²) in [6, 6.07) is 1.30. The zero-order valence-corrected chi connectivity index (χ0v) is 16.5. The van der Waals surface area contributed by atoms with Gasteiger partial charge in [0.15, 0.2) is 16.6 Å². The number of thioether (sulfide) groups is 1. The van der Waals surface area contributed by atoms with Crippen molar-refractivity contribution in [3.8, 4) is 0 Å². The Morgan fingerprint density at radius 2 is 1.67 bits per heavy atom. The molecule has 0 aliphatic rings. The van der Waals surface area contributed by atoms with E-state index in [2.05, 4.69) is 20.5 Å². The number of hydrogen-bond donors (Lipinski definition) is 1. The molecule has 1 N–H and O–H groups in total.